The molecule has 2 rings (SSSR count). The van der Waals surface area contributed by atoms with E-state index in [-0.39, 0.29) is 5.78 Å². The maximum atomic E-state index is 12.6. The van der Waals surface area contributed by atoms with Crippen LogP contribution in [0.2, 0.25) is 0 Å². The van der Waals surface area contributed by atoms with Gasteiger partial charge in [0.05, 0.1) is 5.41 Å². The van der Waals surface area contributed by atoms with Gasteiger partial charge in [-0.05, 0) is 31.4 Å². The van der Waals surface area contributed by atoms with Crippen LogP contribution in [-0.4, -0.2) is 30.5 Å². The molecule has 1 aromatic heterocycles. The maximum absolute atomic E-state index is 12.6. The van der Waals surface area contributed by atoms with Crippen LogP contribution in [0.1, 0.15) is 28.8 Å². The molecule has 0 amide bonds. The second-order valence-electron chi connectivity index (χ2n) is 4.62. The molecule has 0 aromatic carbocycles. The topological polar surface area (TPSA) is 65.2 Å². The van der Waals surface area contributed by atoms with Gasteiger partial charge >= 0.3 is 0 Å². The number of pyridine rings is 1. The van der Waals surface area contributed by atoms with Gasteiger partial charge < -0.3 is 10.5 Å². The summed E-state index contributed by atoms with van der Waals surface area (Å²) in [5, 5.41) is 0. The third-order valence-corrected chi connectivity index (χ3v) is 3.61. The van der Waals surface area contributed by atoms with E-state index in [0.29, 0.717) is 38.2 Å². The number of aryl methyl sites for hydroxylation is 1. The van der Waals surface area contributed by atoms with Crippen LogP contribution in [-0.2, 0) is 4.74 Å². The first-order chi connectivity index (χ1) is 8.19. The van der Waals surface area contributed by atoms with E-state index in [4.69, 9.17) is 10.5 Å². The standard InChI is InChI=1S/C13H18N2O2/c1-10-2-5-15-8-11(10)12(16)13(9-14)3-6-17-7-4-13/h2,5,8H,3-4,6-7,9,14H2,1H3. The maximum Gasteiger partial charge on any atom is 0.172 e. The van der Waals surface area contributed by atoms with E-state index in [0.717, 1.165) is 5.56 Å². The van der Waals surface area contributed by atoms with Crippen molar-refractivity contribution in [3.63, 3.8) is 0 Å². The molecule has 0 radical (unpaired) electrons. The lowest BCUT2D eigenvalue weighted by molar-refractivity contribution is 0.0199. The molecule has 0 aliphatic carbocycles. The van der Waals surface area contributed by atoms with Crippen LogP contribution in [0.25, 0.3) is 0 Å². The van der Waals surface area contributed by atoms with Gasteiger partial charge in [-0.3, -0.25) is 9.78 Å². The molecule has 4 nitrogen and oxygen atoms in total. The molecular formula is C13H18N2O2. The van der Waals surface area contributed by atoms with Gasteiger partial charge in [-0.15, -0.1) is 0 Å². The number of nitrogens with zero attached hydrogens (tertiary/aromatic N) is 1. The van der Waals surface area contributed by atoms with E-state index in [1.807, 2.05) is 13.0 Å². The Morgan fingerprint density at radius 2 is 2.24 bits per heavy atom. The van der Waals surface area contributed by atoms with Gasteiger partial charge in [0.25, 0.3) is 0 Å². The number of rotatable bonds is 3. The number of hydrogen-bond donors (Lipinski definition) is 1. The molecule has 0 spiro atoms. The van der Waals surface area contributed by atoms with E-state index >= 15 is 0 Å². The van der Waals surface area contributed by atoms with Crippen molar-refractivity contribution in [2.45, 2.75) is 19.8 Å². The molecule has 17 heavy (non-hydrogen) atoms. The fraction of sp³-hybridized carbons (Fsp3) is 0.538. The second kappa shape index (κ2) is 4.94. The van der Waals surface area contributed by atoms with Crippen LogP contribution in [0.4, 0.5) is 0 Å². The molecule has 92 valence electrons. The molecule has 1 aromatic rings. The molecular weight excluding hydrogens is 216 g/mol. The first-order valence-electron chi connectivity index (χ1n) is 5.93. The quantitative estimate of drug-likeness (QED) is 0.801. The van der Waals surface area contributed by atoms with Crippen molar-refractivity contribution in [1.82, 2.24) is 4.98 Å². The van der Waals surface area contributed by atoms with Crippen molar-refractivity contribution >= 4 is 5.78 Å². The molecule has 1 fully saturated rings. The number of hydrogen-bond acceptors (Lipinski definition) is 4. The Labute approximate surface area is 101 Å². The highest BCUT2D eigenvalue weighted by molar-refractivity contribution is 6.01. The molecule has 4 heteroatoms. The van der Waals surface area contributed by atoms with Crippen molar-refractivity contribution in [3.05, 3.63) is 29.6 Å². The van der Waals surface area contributed by atoms with Crippen LogP contribution in [0.5, 0.6) is 0 Å². The molecule has 1 saturated heterocycles. The fourth-order valence-electron chi connectivity index (χ4n) is 2.27. The molecule has 0 saturated carbocycles. The zero-order valence-corrected chi connectivity index (χ0v) is 10.1. The largest absolute Gasteiger partial charge is 0.381 e. The minimum absolute atomic E-state index is 0.119. The van der Waals surface area contributed by atoms with E-state index in [1.165, 1.54) is 0 Å². The summed E-state index contributed by atoms with van der Waals surface area (Å²) in [5.74, 6) is 0.119. The number of carbonyl (C=O) groups is 1. The summed E-state index contributed by atoms with van der Waals surface area (Å²) in [6.45, 7) is 3.53. The summed E-state index contributed by atoms with van der Waals surface area (Å²) in [5.41, 5.74) is 7.03. The third kappa shape index (κ3) is 2.23. The monoisotopic (exact) mass is 234 g/mol. The number of ether oxygens (including phenoxy) is 1. The van der Waals surface area contributed by atoms with Crippen molar-refractivity contribution in [1.29, 1.82) is 0 Å². The fourth-order valence-corrected chi connectivity index (χ4v) is 2.27. The Kier molecular flexibility index (Phi) is 3.54. The number of Topliss-reactive ketones (excluding diaryl/α,β-unsaturated/α-hetero) is 1. The van der Waals surface area contributed by atoms with Crippen LogP contribution >= 0.6 is 0 Å². The van der Waals surface area contributed by atoms with Crippen LogP contribution in [0, 0.1) is 12.3 Å². The highest BCUT2D eigenvalue weighted by Gasteiger charge is 2.39. The Morgan fingerprint density at radius 3 is 2.82 bits per heavy atom. The Hall–Kier alpha value is -1.26. The van der Waals surface area contributed by atoms with Gasteiger partial charge in [-0.1, -0.05) is 0 Å². The average Bonchev–Trinajstić information content (AvgIpc) is 2.39. The van der Waals surface area contributed by atoms with Crippen molar-refractivity contribution in [2.75, 3.05) is 19.8 Å². The smallest absolute Gasteiger partial charge is 0.172 e. The average molecular weight is 234 g/mol. The van der Waals surface area contributed by atoms with Crippen molar-refractivity contribution < 1.29 is 9.53 Å². The zero-order chi connectivity index (χ0) is 12.3. The lowest BCUT2D eigenvalue weighted by Crippen LogP contribution is -2.43. The minimum Gasteiger partial charge on any atom is -0.381 e. The predicted molar refractivity (Wildman–Crippen MR) is 64.8 cm³/mol. The lowest BCUT2D eigenvalue weighted by Gasteiger charge is -2.34. The molecule has 2 N–H and O–H groups in total. The van der Waals surface area contributed by atoms with E-state index < -0.39 is 5.41 Å². The molecule has 0 atom stereocenters. The third-order valence-electron chi connectivity index (χ3n) is 3.61. The Morgan fingerprint density at radius 1 is 1.53 bits per heavy atom. The summed E-state index contributed by atoms with van der Waals surface area (Å²) < 4.78 is 5.32. The number of nitrogens with two attached hydrogens (primary N) is 1. The van der Waals surface area contributed by atoms with Gasteiger partial charge in [0.1, 0.15) is 0 Å². The van der Waals surface area contributed by atoms with E-state index in [1.54, 1.807) is 12.4 Å². The van der Waals surface area contributed by atoms with Gasteiger partial charge in [0.15, 0.2) is 5.78 Å². The van der Waals surface area contributed by atoms with Gasteiger partial charge in [-0.25, -0.2) is 0 Å². The minimum atomic E-state index is -0.452. The van der Waals surface area contributed by atoms with Crippen molar-refractivity contribution in [3.8, 4) is 0 Å². The SMILES string of the molecule is Cc1ccncc1C(=O)C1(CN)CCOCC1. The summed E-state index contributed by atoms with van der Waals surface area (Å²) >= 11 is 0. The normalized spacial score (nSPS) is 18.9. The summed E-state index contributed by atoms with van der Waals surface area (Å²) in [6, 6.07) is 1.86. The summed E-state index contributed by atoms with van der Waals surface area (Å²) in [7, 11) is 0. The number of aromatic nitrogens is 1. The van der Waals surface area contributed by atoms with Crippen LogP contribution in [0.3, 0.4) is 0 Å². The highest BCUT2D eigenvalue weighted by atomic mass is 16.5. The number of carbonyl (C=O) groups excluding carboxylic acids is 1. The second-order valence-corrected chi connectivity index (χ2v) is 4.62. The highest BCUT2D eigenvalue weighted by Crippen LogP contribution is 2.33. The molecule has 1 aliphatic heterocycles. The lowest BCUT2D eigenvalue weighted by atomic mass is 9.74. The molecule has 1 aliphatic rings. The molecule has 2 heterocycles. The summed E-state index contributed by atoms with van der Waals surface area (Å²) in [6.07, 6.45) is 4.75. The summed E-state index contributed by atoms with van der Waals surface area (Å²) in [4.78, 5) is 16.6. The molecule has 0 bridgehead atoms. The van der Waals surface area contributed by atoms with Gasteiger partial charge in [0, 0.05) is 37.7 Å². The Balaban J connectivity index is 2.32. The number of ketones is 1. The van der Waals surface area contributed by atoms with E-state index in [9.17, 15) is 4.79 Å². The van der Waals surface area contributed by atoms with Crippen LogP contribution in [0.15, 0.2) is 18.5 Å². The first kappa shape index (κ1) is 12.2. The predicted octanol–water partition coefficient (Wildman–Crippen LogP) is 1.33. The Bertz CT molecular complexity index is 412. The zero-order valence-electron chi connectivity index (χ0n) is 10.1. The van der Waals surface area contributed by atoms with Crippen LogP contribution < -0.4 is 5.73 Å². The van der Waals surface area contributed by atoms with E-state index in [2.05, 4.69) is 4.98 Å². The van der Waals surface area contributed by atoms with Gasteiger partial charge in [0.2, 0.25) is 0 Å². The molecule has 0 unspecified atom stereocenters. The first-order valence-corrected chi connectivity index (χ1v) is 5.93. The van der Waals surface area contributed by atoms with Crippen molar-refractivity contribution in [2.24, 2.45) is 11.1 Å². The van der Waals surface area contributed by atoms with Gasteiger partial charge in [-0.2, -0.15) is 0 Å².